The number of hydrogen-bond acceptors (Lipinski definition) is 12. The van der Waals surface area contributed by atoms with E-state index in [9.17, 15) is 9.59 Å². The summed E-state index contributed by atoms with van der Waals surface area (Å²) in [5, 5.41) is 2.65. The van der Waals surface area contributed by atoms with Gasteiger partial charge in [-0.3, -0.25) is 9.59 Å². The Morgan fingerprint density at radius 1 is 0.368 bits per heavy atom. The second-order valence-electron chi connectivity index (χ2n) is 23.3. The van der Waals surface area contributed by atoms with E-state index >= 15 is 0 Å². The first-order valence-corrected chi connectivity index (χ1v) is 27.2. The van der Waals surface area contributed by atoms with Crippen molar-refractivity contribution in [2.75, 3.05) is 0 Å². The number of nitrogens with one attached hydrogen (secondary N) is 2. The van der Waals surface area contributed by atoms with Gasteiger partial charge in [-0.25, -0.2) is 29.9 Å². The Bertz CT molecular complexity index is 3480. The summed E-state index contributed by atoms with van der Waals surface area (Å²) in [7, 11) is 0. The normalized spacial score (nSPS) is 12.7. The molecule has 0 fully saturated rings. The molecule has 398 valence electrons. The van der Waals surface area contributed by atoms with Crippen molar-refractivity contribution in [3.05, 3.63) is 71.8 Å². The maximum atomic E-state index is 13.3. The van der Waals surface area contributed by atoms with Crippen molar-refractivity contribution in [2.24, 2.45) is 47.3 Å². The average molecular weight is 1030 g/mol. The van der Waals surface area contributed by atoms with Crippen LogP contribution in [0, 0.1) is 47.3 Å². The van der Waals surface area contributed by atoms with Crippen LogP contribution in [0.1, 0.15) is 131 Å². The van der Waals surface area contributed by atoms with Gasteiger partial charge < -0.3 is 28.9 Å². The fraction of sp³-hybridized carbons (Fsp3) is 0.452. The number of H-pyrrole nitrogens is 2. The summed E-state index contributed by atoms with van der Waals surface area (Å²) in [5.41, 5.74) is 4.43. The third-order valence-corrected chi connectivity index (χ3v) is 14.7. The molecule has 2 aliphatic rings. The van der Waals surface area contributed by atoms with Gasteiger partial charge in [-0.1, -0.05) is 165 Å². The predicted molar refractivity (Wildman–Crippen MR) is 303 cm³/mol. The second-order valence-corrected chi connectivity index (χ2v) is 23.3. The number of nitrogens with zero attached hydrogens (tertiary/aromatic N) is 6. The van der Waals surface area contributed by atoms with E-state index in [1.54, 1.807) is 12.1 Å². The van der Waals surface area contributed by atoms with Crippen LogP contribution in [0.15, 0.2) is 60.7 Å². The van der Waals surface area contributed by atoms with E-state index in [2.05, 4.69) is 121 Å². The highest BCUT2D eigenvalue weighted by molar-refractivity contribution is 6.15. The zero-order valence-electron chi connectivity index (χ0n) is 47.0. The second kappa shape index (κ2) is 21.4. The standard InChI is InChI=1S/C62H74N8O6/c1-29(2)47(30(3)4)73-51-45-46(52(74-48(31(5)6)32(7)8)54(76-50(35(13)14)36(15)16)53(51)75-49(33(9)10)34(11)12)62-69-60-44-42(26-25-37(27-71)43(44)28-72)59(68-60)66-57-39-22-18-17-21-38(39)55(64-57)63-56-40-23-19-20-24-41(40)58(65-56)67-61(45)70-62/h17-36,47-50H,1-16H3,(H2,63,64,65,66,67,68,69,70). The molecule has 2 aliphatic heterocycles. The number of carbonyl (C=O) groups excluding carboxylic acids is 2. The lowest BCUT2D eigenvalue weighted by Gasteiger charge is -2.35. The molecule has 14 nitrogen and oxygen atoms in total. The van der Waals surface area contributed by atoms with Crippen LogP contribution < -0.4 is 18.9 Å². The number of aldehydes is 2. The molecule has 0 aliphatic carbocycles. The number of hydrogen-bond donors (Lipinski definition) is 2. The van der Waals surface area contributed by atoms with Gasteiger partial charge >= 0.3 is 0 Å². The van der Waals surface area contributed by atoms with Crippen LogP contribution in [0.3, 0.4) is 0 Å². The molecule has 7 aromatic rings. The Morgan fingerprint density at radius 2 is 0.711 bits per heavy atom. The minimum Gasteiger partial charge on any atom is -0.485 e. The molecule has 5 heterocycles. The minimum absolute atomic E-state index is 0.0470. The van der Waals surface area contributed by atoms with Crippen molar-refractivity contribution in [2.45, 2.75) is 135 Å². The summed E-state index contributed by atoms with van der Waals surface area (Å²) < 4.78 is 30.3. The molecule has 0 spiro atoms. The molecule has 0 saturated carbocycles. The van der Waals surface area contributed by atoms with E-state index in [1.807, 2.05) is 48.5 Å². The summed E-state index contributed by atoms with van der Waals surface area (Å²) in [6, 6.07) is 19.1. The van der Waals surface area contributed by atoms with Crippen LogP contribution in [0.2, 0.25) is 0 Å². The molecule has 0 atom stereocenters. The van der Waals surface area contributed by atoms with E-state index in [-0.39, 0.29) is 100 Å². The van der Waals surface area contributed by atoms with Crippen molar-refractivity contribution >= 4 is 56.7 Å². The van der Waals surface area contributed by atoms with Crippen LogP contribution in [0.5, 0.6) is 23.0 Å². The fourth-order valence-corrected chi connectivity index (χ4v) is 11.4. The van der Waals surface area contributed by atoms with E-state index in [1.165, 1.54) is 0 Å². The average Bonchev–Trinajstić information content (AvgIpc) is 4.15. The Labute approximate surface area is 446 Å². The van der Waals surface area contributed by atoms with Crippen molar-refractivity contribution in [3.63, 3.8) is 0 Å². The van der Waals surface area contributed by atoms with Crippen LogP contribution in [0.4, 0.5) is 0 Å². The molecule has 0 amide bonds. The maximum absolute atomic E-state index is 13.3. The van der Waals surface area contributed by atoms with Gasteiger partial charge in [0.2, 0.25) is 11.5 Å². The fourth-order valence-electron chi connectivity index (χ4n) is 11.4. The number of aromatic nitrogens is 8. The van der Waals surface area contributed by atoms with Crippen molar-refractivity contribution in [3.8, 4) is 68.5 Å². The lowest BCUT2D eigenvalue weighted by molar-refractivity contribution is 0.0543. The van der Waals surface area contributed by atoms with E-state index < -0.39 is 0 Å². The van der Waals surface area contributed by atoms with E-state index in [0.29, 0.717) is 86.1 Å². The molecule has 0 saturated heterocycles. The maximum Gasteiger partial charge on any atom is 0.208 e. The minimum atomic E-state index is -0.332. The highest BCUT2D eigenvalue weighted by Crippen LogP contribution is 2.57. The molecule has 3 aromatic heterocycles. The summed E-state index contributed by atoms with van der Waals surface area (Å²) in [4.78, 5) is 65.0. The van der Waals surface area contributed by atoms with Gasteiger partial charge in [0.25, 0.3) is 0 Å². The topological polar surface area (TPSA) is 180 Å². The quantitative estimate of drug-likeness (QED) is 0.0778. The van der Waals surface area contributed by atoms with Gasteiger partial charge in [0.05, 0.1) is 10.8 Å². The van der Waals surface area contributed by atoms with Gasteiger partial charge in [0, 0.05) is 44.2 Å². The molecule has 8 bridgehead atoms. The predicted octanol–water partition coefficient (Wildman–Crippen LogP) is 14.7. The zero-order chi connectivity index (χ0) is 54.6. The van der Waals surface area contributed by atoms with Crippen molar-refractivity contribution < 1.29 is 28.5 Å². The number of ether oxygens (including phenoxy) is 4. The molecule has 0 radical (unpaired) electrons. The highest BCUT2D eigenvalue weighted by Gasteiger charge is 2.38. The summed E-state index contributed by atoms with van der Waals surface area (Å²) in [6.45, 7) is 34.6. The molecule has 4 aromatic carbocycles. The third-order valence-electron chi connectivity index (χ3n) is 14.7. The van der Waals surface area contributed by atoms with Gasteiger partial charge in [-0.15, -0.1) is 0 Å². The van der Waals surface area contributed by atoms with Crippen molar-refractivity contribution in [1.29, 1.82) is 0 Å². The van der Waals surface area contributed by atoms with Crippen LogP contribution in [-0.4, -0.2) is 76.9 Å². The van der Waals surface area contributed by atoms with Crippen LogP contribution in [-0.2, 0) is 0 Å². The lowest BCUT2D eigenvalue weighted by Crippen LogP contribution is -2.34. The molecular weight excluding hydrogens is 953 g/mol. The number of fused-ring (bicyclic) bond motifs is 20. The number of rotatable bonds is 18. The Hall–Kier alpha value is -7.22. The number of aromatic amines is 2. The molecule has 0 unspecified atom stereocenters. The van der Waals surface area contributed by atoms with E-state index in [4.69, 9.17) is 48.9 Å². The summed E-state index contributed by atoms with van der Waals surface area (Å²) >= 11 is 0. The zero-order valence-corrected chi connectivity index (χ0v) is 47.0. The Balaban J connectivity index is 1.61. The SMILES string of the molecule is CC(C)C(Oc1c(OC(C(C)C)C(C)C)c(OC(C(C)C)C(C)C)c2c3nc4nc(nc5[nH]c(nc6nc(nc([nH]3)c2c1OC(C(C)C)C(C)C)-c1ccccc1-6)c1ccccc51)-c1ccc(C=O)c(C=O)c1-4)C(C)C. The van der Waals surface area contributed by atoms with Gasteiger partial charge in [0.1, 0.15) is 47.0 Å². The molecule has 76 heavy (non-hydrogen) atoms. The van der Waals surface area contributed by atoms with Gasteiger partial charge in [-0.2, -0.15) is 0 Å². The first kappa shape index (κ1) is 53.6. The summed E-state index contributed by atoms with van der Waals surface area (Å²) in [5.74, 6) is 3.41. The number of carbonyl (C=O) groups is 2. The number of benzene rings is 4. The largest absolute Gasteiger partial charge is 0.485 e. The van der Waals surface area contributed by atoms with Gasteiger partial charge in [0.15, 0.2) is 47.4 Å². The third kappa shape index (κ3) is 9.79. The first-order valence-electron chi connectivity index (χ1n) is 27.2. The lowest BCUT2D eigenvalue weighted by atomic mass is 9.94. The van der Waals surface area contributed by atoms with Crippen LogP contribution in [0.25, 0.3) is 89.7 Å². The molecule has 14 heteroatoms. The molecule has 2 N–H and O–H groups in total. The smallest absolute Gasteiger partial charge is 0.208 e. The highest BCUT2D eigenvalue weighted by atomic mass is 16.6. The van der Waals surface area contributed by atoms with Crippen LogP contribution >= 0.6 is 0 Å². The van der Waals surface area contributed by atoms with Crippen molar-refractivity contribution in [1.82, 2.24) is 39.9 Å². The van der Waals surface area contributed by atoms with E-state index in [0.717, 1.165) is 21.9 Å². The monoisotopic (exact) mass is 1030 g/mol. The summed E-state index contributed by atoms with van der Waals surface area (Å²) in [6.07, 6.45) is 0.102. The Morgan fingerprint density at radius 3 is 1.11 bits per heavy atom. The molecular formula is C62H74N8O6. The molecule has 9 rings (SSSR count). The first-order chi connectivity index (χ1) is 36.2. The van der Waals surface area contributed by atoms with Gasteiger partial charge in [-0.05, 0) is 53.4 Å². The Kier molecular flexibility index (Phi) is 15.1.